The molecule has 0 saturated heterocycles. The van der Waals surface area contributed by atoms with Gasteiger partial charge in [0.1, 0.15) is 5.82 Å². The first kappa shape index (κ1) is 13.2. The summed E-state index contributed by atoms with van der Waals surface area (Å²) < 4.78 is 0. The van der Waals surface area contributed by atoms with Gasteiger partial charge in [-0.2, -0.15) is 0 Å². The van der Waals surface area contributed by atoms with Crippen molar-refractivity contribution in [3.63, 3.8) is 0 Å². The van der Waals surface area contributed by atoms with Gasteiger partial charge in [0, 0.05) is 11.7 Å². The van der Waals surface area contributed by atoms with E-state index in [1.54, 1.807) is 0 Å². The minimum absolute atomic E-state index is 0.658. The molecule has 1 aromatic heterocycles. The topological polar surface area (TPSA) is 40.7 Å². The van der Waals surface area contributed by atoms with Gasteiger partial charge in [-0.3, -0.25) is 0 Å². The summed E-state index contributed by atoms with van der Waals surface area (Å²) in [5, 5.41) is 3.77. The lowest BCUT2D eigenvalue weighted by Crippen LogP contribution is -2.34. The van der Waals surface area contributed by atoms with Crippen molar-refractivity contribution in [2.45, 2.75) is 57.9 Å². The van der Waals surface area contributed by atoms with Crippen molar-refractivity contribution in [2.75, 3.05) is 5.32 Å². The minimum atomic E-state index is 0.658. The lowest BCUT2D eigenvalue weighted by atomic mass is 9.69. The van der Waals surface area contributed by atoms with Crippen LogP contribution in [0.1, 0.15) is 50.8 Å². The SMILES string of the molecule is Cc1nc2ccc(NC3CCC4CCCCC4C3)cc2[nH]1. The number of benzene rings is 1. The number of anilines is 1. The normalized spacial score (nSPS) is 29.3. The molecule has 2 aromatic rings. The number of aromatic amines is 1. The van der Waals surface area contributed by atoms with Crippen LogP contribution in [0.15, 0.2) is 18.2 Å². The molecule has 0 radical (unpaired) electrons. The maximum Gasteiger partial charge on any atom is 0.104 e. The van der Waals surface area contributed by atoms with Gasteiger partial charge in [0.05, 0.1) is 11.0 Å². The van der Waals surface area contributed by atoms with E-state index < -0.39 is 0 Å². The molecule has 3 unspecified atom stereocenters. The molecule has 4 rings (SSSR count). The summed E-state index contributed by atoms with van der Waals surface area (Å²) >= 11 is 0. The molecule has 0 amide bonds. The van der Waals surface area contributed by atoms with Crippen molar-refractivity contribution >= 4 is 16.7 Å². The second-order valence-electron chi connectivity index (χ2n) is 7.01. The molecular formula is C18H25N3. The Hall–Kier alpha value is -1.51. The fourth-order valence-corrected chi connectivity index (χ4v) is 4.47. The smallest absolute Gasteiger partial charge is 0.104 e. The highest BCUT2D eigenvalue weighted by Gasteiger charge is 2.31. The monoisotopic (exact) mass is 283 g/mol. The molecule has 21 heavy (non-hydrogen) atoms. The van der Waals surface area contributed by atoms with Crippen LogP contribution in [0.4, 0.5) is 5.69 Å². The van der Waals surface area contributed by atoms with Gasteiger partial charge in [0.15, 0.2) is 0 Å². The Labute approximate surface area is 126 Å². The molecule has 2 saturated carbocycles. The lowest BCUT2D eigenvalue weighted by molar-refractivity contribution is 0.162. The van der Waals surface area contributed by atoms with Gasteiger partial charge in [-0.25, -0.2) is 4.98 Å². The Bertz CT molecular complexity index is 630. The van der Waals surface area contributed by atoms with Crippen molar-refractivity contribution in [1.29, 1.82) is 0 Å². The number of hydrogen-bond acceptors (Lipinski definition) is 2. The van der Waals surface area contributed by atoms with Crippen LogP contribution in [0, 0.1) is 18.8 Å². The van der Waals surface area contributed by atoms with Crippen LogP contribution in [0.25, 0.3) is 11.0 Å². The molecule has 2 aliphatic rings. The number of H-pyrrole nitrogens is 1. The minimum Gasteiger partial charge on any atom is -0.382 e. The second kappa shape index (κ2) is 5.36. The van der Waals surface area contributed by atoms with Crippen LogP contribution >= 0.6 is 0 Å². The second-order valence-corrected chi connectivity index (χ2v) is 7.01. The molecule has 2 N–H and O–H groups in total. The first-order valence-electron chi connectivity index (χ1n) is 8.51. The van der Waals surface area contributed by atoms with E-state index in [0.29, 0.717) is 6.04 Å². The van der Waals surface area contributed by atoms with Crippen LogP contribution in [-0.4, -0.2) is 16.0 Å². The fraction of sp³-hybridized carbons (Fsp3) is 0.611. The number of nitrogens with one attached hydrogen (secondary N) is 2. The molecule has 2 fully saturated rings. The summed E-state index contributed by atoms with van der Waals surface area (Å²) in [6.07, 6.45) is 9.99. The highest BCUT2D eigenvalue weighted by atomic mass is 14.9. The van der Waals surface area contributed by atoms with Gasteiger partial charge >= 0.3 is 0 Å². The Morgan fingerprint density at radius 2 is 1.95 bits per heavy atom. The van der Waals surface area contributed by atoms with Crippen LogP contribution in [0.2, 0.25) is 0 Å². The third kappa shape index (κ3) is 2.66. The zero-order valence-corrected chi connectivity index (χ0v) is 12.9. The van der Waals surface area contributed by atoms with E-state index in [0.717, 1.165) is 28.7 Å². The summed E-state index contributed by atoms with van der Waals surface area (Å²) in [6.45, 7) is 2.01. The predicted molar refractivity (Wildman–Crippen MR) is 87.5 cm³/mol. The standard InChI is InChI=1S/C18H25N3/c1-12-19-17-9-8-16(11-18(17)20-12)21-15-7-6-13-4-2-3-5-14(13)10-15/h8-9,11,13-15,21H,2-7,10H2,1H3,(H,19,20). The molecule has 0 spiro atoms. The predicted octanol–water partition coefficient (Wildman–Crippen LogP) is 4.64. The van der Waals surface area contributed by atoms with Gasteiger partial charge in [-0.15, -0.1) is 0 Å². The molecule has 1 aromatic carbocycles. The van der Waals surface area contributed by atoms with E-state index in [-0.39, 0.29) is 0 Å². The number of aromatic nitrogens is 2. The zero-order valence-electron chi connectivity index (χ0n) is 12.9. The molecule has 0 aliphatic heterocycles. The third-order valence-electron chi connectivity index (χ3n) is 5.51. The first-order valence-corrected chi connectivity index (χ1v) is 8.51. The van der Waals surface area contributed by atoms with Crippen molar-refractivity contribution in [3.05, 3.63) is 24.0 Å². The van der Waals surface area contributed by atoms with Crippen molar-refractivity contribution < 1.29 is 0 Å². The average molecular weight is 283 g/mol. The van der Waals surface area contributed by atoms with E-state index in [2.05, 4.69) is 33.5 Å². The maximum atomic E-state index is 4.47. The summed E-state index contributed by atoms with van der Waals surface area (Å²) in [7, 11) is 0. The molecular weight excluding hydrogens is 258 g/mol. The van der Waals surface area contributed by atoms with Crippen LogP contribution in [0.5, 0.6) is 0 Å². The van der Waals surface area contributed by atoms with Gasteiger partial charge in [-0.1, -0.05) is 25.7 Å². The number of hydrogen-bond donors (Lipinski definition) is 2. The third-order valence-corrected chi connectivity index (χ3v) is 5.51. The molecule has 3 nitrogen and oxygen atoms in total. The first-order chi connectivity index (χ1) is 10.3. The number of aryl methyl sites for hydroxylation is 1. The molecule has 1 heterocycles. The van der Waals surface area contributed by atoms with E-state index in [1.165, 1.54) is 50.6 Å². The Morgan fingerprint density at radius 3 is 2.86 bits per heavy atom. The number of imidazole rings is 1. The average Bonchev–Trinajstić information content (AvgIpc) is 2.86. The van der Waals surface area contributed by atoms with E-state index in [1.807, 2.05) is 6.92 Å². The van der Waals surface area contributed by atoms with E-state index in [9.17, 15) is 0 Å². The maximum absolute atomic E-state index is 4.47. The van der Waals surface area contributed by atoms with Gasteiger partial charge in [-0.05, 0) is 56.2 Å². The molecule has 3 atom stereocenters. The van der Waals surface area contributed by atoms with Crippen LogP contribution in [0.3, 0.4) is 0 Å². The van der Waals surface area contributed by atoms with Gasteiger partial charge in [0.2, 0.25) is 0 Å². The quantitative estimate of drug-likeness (QED) is 0.842. The highest BCUT2D eigenvalue weighted by molar-refractivity contribution is 5.79. The lowest BCUT2D eigenvalue weighted by Gasteiger charge is -2.39. The summed E-state index contributed by atoms with van der Waals surface area (Å²) in [5.74, 6) is 2.99. The van der Waals surface area contributed by atoms with E-state index in [4.69, 9.17) is 0 Å². The molecule has 2 aliphatic carbocycles. The van der Waals surface area contributed by atoms with Gasteiger partial charge in [0.25, 0.3) is 0 Å². The van der Waals surface area contributed by atoms with Crippen LogP contribution < -0.4 is 5.32 Å². The summed E-state index contributed by atoms with van der Waals surface area (Å²) in [5.41, 5.74) is 3.45. The Kier molecular flexibility index (Phi) is 3.36. The summed E-state index contributed by atoms with van der Waals surface area (Å²) in [4.78, 5) is 7.80. The largest absolute Gasteiger partial charge is 0.382 e. The molecule has 3 heteroatoms. The number of nitrogens with zero attached hydrogens (tertiary/aromatic N) is 1. The Morgan fingerprint density at radius 1 is 1.10 bits per heavy atom. The molecule has 0 bridgehead atoms. The van der Waals surface area contributed by atoms with E-state index >= 15 is 0 Å². The molecule has 112 valence electrons. The number of fused-ring (bicyclic) bond motifs is 2. The van der Waals surface area contributed by atoms with Gasteiger partial charge < -0.3 is 10.3 Å². The van der Waals surface area contributed by atoms with Crippen molar-refractivity contribution in [1.82, 2.24) is 9.97 Å². The number of rotatable bonds is 2. The van der Waals surface area contributed by atoms with Crippen molar-refractivity contribution in [2.24, 2.45) is 11.8 Å². The highest BCUT2D eigenvalue weighted by Crippen LogP contribution is 2.41. The summed E-state index contributed by atoms with van der Waals surface area (Å²) in [6, 6.07) is 7.16. The zero-order chi connectivity index (χ0) is 14.2. The van der Waals surface area contributed by atoms with Crippen molar-refractivity contribution in [3.8, 4) is 0 Å². The van der Waals surface area contributed by atoms with Crippen LogP contribution in [-0.2, 0) is 0 Å². The fourth-order valence-electron chi connectivity index (χ4n) is 4.47. The Balaban J connectivity index is 1.46.